The Morgan fingerprint density at radius 3 is 2.67 bits per heavy atom. The minimum Gasteiger partial charge on any atom is -0.410 e. The first kappa shape index (κ1) is 16.1. The summed E-state index contributed by atoms with van der Waals surface area (Å²) in [6, 6.07) is 8.51. The summed E-state index contributed by atoms with van der Waals surface area (Å²) in [5, 5.41) is 17.8. The molecule has 0 fully saturated rings. The van der Waals surface area contributed by atoms with Crippen molar-refractivity contribution >= 4 is 16.6 Å². The van der Waals surface area contributed by atoms with E-state index in [1.165, 1.54) is 6.07 Å². The molecule has 4 nitrogen and oxygen atoms in total. The molecule has 3 rings (SSSR count). The normalized spacial score (nSPS) is 12.3. The zero-order chi connectivity index (χ0) is 17.3. The molecule has 0 atom stereocenters. The van der Waals surface area contributed by atoms with E-state index in [2.05, 4.69) is 24.1 Å². The van der Waals surface area contributed by atoms with Gasteiger partial charge in [0.2, 0.25) is 0 Å². The lowest BCUT2D eigenvalue weighted by Gasteiger charge is -2.09. The maximum Gasteiger partial charge on any atom is 0.135 e. The van der Waals surface area contributed by atoms with Gasteiger partial charge in [-0.2, -0.15) is 5.10 Å². The molecule has 1 aromatic heterocycles. The molecule has 0 radical (unpaired) electrons. The van der Waals surface area contributed by atoms with Crippen LogP contribution in [0.4, 0.5) is 8.78 Å². The highest BCUT2D eigenvalue weighted by Crippen LogP contribution is 2.21. The molecule has 0 saturated heterocycles. The molecule has 0 saturated carbocycles. The maximum absolute atomic E-state index is 14.0. The van der Waals surface area contributed by atoms with Gasteiger partial charge >= 0.3 is 0 Å². The quantitative estimate of drug-likeness (QED) is 0.443. The number of aromatic nitrogens is 2. The minimum absolute atomic E-state index is 0.0350. The molecule has 0 bridgehead atoms. The Labute approximate surface area is 138 Å². The Kier molecular flexibility index (Phi) is 4.29. The van der Waals surface area contributed by atoms with Crippen LogP contribution >= 0.6 is 0 Å². The van der Waals surface area contributed by atoms with Crippen molar-refractivity contribution in [3.63, 3.8) is 0 Å². The van der Waals surface area contributed by atoms with Crippen LogP contribution in [0.15, 0.2) is 47.8 Å². The molecule has 0 amide bonds. The Morgan fingerprint density at radius 1 is 1.21 bits per heavy atom. The predicted molar refractivity (Wildman–Crippen MR) is 88.4 cm³/mol. The Morgan fingerprint density at radius 2 is 2.00 bits per heavy atom. The molecule has 0 aliphatic rings. The summed E-state index contributed by atoms with van der Waals surface area (Å²) >= 11 is 0. The fourth-order valence-electron chi connectivity index (χ4n) is 2.67. The first-order valence-electron chi connectivity index (χ1n) is 7.63. The van der Waals surface area contributed by atoms with Crippen LogP contribution in [0.2, 0.25) is 0 Å². The zero-order valence-corrected chi connectivity index (χ0v) is 13.4. The summed E-state index contributed by atoms with van der Waals surface area (Å²) in [4.78, 5) is 0. The average molecular weight is 329 g/mol. The topological polar surface area (TPSA) is 50.4 Å². The van der Waals surface area contributed by atoms with Crippen LogP contribution in [0.3, 0.4) is 0 Å². The third kappa shape index (κ3) is 2.99. The summed E-state index contributed by atoms with van der Waals surface area (Å²) in [5.41, 5.74) is 1.56. The van der Waals surface area contributed by atoms with Crippen LogP contribution in [-0.2, 0) is 6.54 Å². The SMILES string of the molecule is CC(C)Cn1ncc2cc(/C(=N/O)c3ccc(F)cc3F)ccc21. The van der Waals surface area contributed by atoms with Gasteiger partial charge in [0.25, 0.3) is 0 Å². The van der Waals surface area contributed by atoms with E-state index in [4.69, 9.17) is 0 Å². The highest BCUT2D eigenvalue weighted by atomic mass is 19.1. The van der Waals surface area contributed by atoms with Gasteiger partial charge in [-0.05, 0) is 30.2 Å². The molecule has 0 aliphatic heterocycles. The van der Waals surface area contributed by atoms with Gasteiger partial charge in [0.15, 0.2) is 0 Å². The number of rotatable bonds is 4. The molecular weight excluding hydrogens is 312 g/mol. The first-order chi connectivity index (χ1) is 11.5. The van der Waals surface area contributed by atoms with Crippen molar-refractivity contribution in [1.29, 1.82) is 0 Å². The van der Waals surface area contributed by atoms with E-state index in [-0.39, 0.29) is 11.3 Å². The molecule has 3 aromatic rings. The lowest BCUT2D eigenvalue weighted by atomic mass is 10.0. The average Bonchev–Trinajstić information content (AvgIpc) is 2.92. The predicted octanol–water partition coefficient (Wildman–Crippen LogP) is 4.20. The van der Waals surface area contributed by atoms with Crippen LogP contribution in [0, 0.1) is 17.6 Å². The first-order valence-corrected chi connectivity index (χ1v) is 7.63. The third-order valence-electron chi connectivity index (χ3n) is 3.74. The van der Waals surface area contributed by atoms with Crippen molar-refractivity contribution in [3.05, 3.63) is 65.4 Å². The summed E-state index contributed by atoms with van der Waals surface area (Å²) in [5.74, 6) is -1.01. The molecule has 1 heterocycles. The smallest absolute Gasteiger partial charge is 0.135 e. The van der Waals surface area contributed by atoms with E-state index in [1.54, 1.807) is 18.3 Å². The largest absolute Gasteiger partial charge is 0.410 e. The van der Waals surface area contributed by atoms with Crippen molar-refractivity contribution in [3.8, 4) is 0 Å². The van der Waals surface area contributed by atoms with E-state index in [1.807, 2.05) is 10.7 Å². The van der Waals surface area contributed by atoms with Gasteiger partial charge in [-0.3, -0.25) is 4.68 Å². The number of hydrogen-bond donors (Lipinski definition) is 1. The summed E-state index contributed by atoms with van der Waals surface area (Å²) in [7, 11) is 0. The van der Waals surface area contributed by atoms with Gasteiger partial charge in [0.05, 0.1) is 11.7 Å². The molecule has 2 aromatic carbocycles. The molecule has 0 aliphatic carbocycles. The van der Waals surface area contributed by atoms with Gasteiger partial charge in [0, 0.05) is 29.1 Å². The molecule has 1 N–H and O–H groups in total. The van der Waals surface area contributed by atoms with Crippen LogP contribution in [0.1, 0.15) is 25.0 Å². The standard InChI is InChI=1S/C18H17F2N3O/c1-11(2)10-23-17-6-3-12(7-13(17)9-21-23)18(22-24)15-5-4-14(19)8-16(15)20/h3-9,11,24H,10H2,1-2H3/b22-18-. The molecule has 6 heteroatoms. The molecular formula is C18H17F2N3O. The van der Waals surface area contributed by atoms with E-state index >= 15 is 0 Å². The van der Waals surface area contributed by atoms with Crippen molar-refractivity contribution < 1.29 is 14.0 Å². The molecule has 0 spiro atoms. The van der Waals surface area contributed by atoms with E-state index in [9.17, 15) is 14.0 Å². The maximum atomic E-state index is 14.0. The second kappa shape index (κ2) is 6.39. The lowest BCUT2D eigenvalue weighted by molar-refractivity contribution is 0.319. The molecule has 124 valence electrons. The Hall–Kier alpha value is -2.76. The third-order valence-corrected chi connectivity index (χ3v) is 3.74. The second-order valence-corrected chi connectivity index (χ2v) is 6.07. The second-order valence-electron chi connectivity index (χ2n) is 6.07. The molecule has 0 unspecified atom stereocenters. The molecule has 24 heavy (non-hydrogen) atoms. The van der Waals surface area contributed by atoms with Gasteiger partial charge in [-0.25, -0.2) is 8.78 Å². The van der Waals surface area contributed by atoms with Crippen molar-refractivity contribution in [2.24, 2.45) is 11.1 Å². The van der Waals surface area contributed by atoms with E-state index in [0.29, 0.717) is 11.5 Å². The zero-order valence-electron chi connectivity index (χ0n) is 13.4. The minimum atomic E-state index is -0.779. The number of halogens is 2. The Bertz CT molecular complexity index is 916. The number of benzene rings is 2. The monoisotopic (exact) mass is 329 g/mol. The van der Waals surface area contributed by atoms with Crippen LogP contribution < -0.4 is 0 Å². The summed E-state index contributed by atoms with van der Waals surface area (Å²) < 4.78 is 29.0. The number of oxime groups is 1. The number of nitrogens with zero attached hydrogens (tertiary/aromatic N) is 3. The lowest BCUT2D eigenvalue weighted by Crippen LogP contribution is -2.07. The fraction of sp³-hybridized carbons (Fsp3) is 0.222. The van der Waals surface area contributed by atoms with Crippen molar-refractivity contribution in [2.45, 2.75) is 20.4 Å². The fourth-order valence-corrected chi connectivity index (χ4v) is 2.67. The summed E-state index contributed by atoms with van der Waals surface area (Å²) in [6.45, 7) is 5.00. The van der Waals surface area contributed by atoms with Gasteiger partial charge in [-0.1, -0.05) is 25.1 Å². The van der Waals surface area contributed by atoms with Crippen LogP contribution in [0.5, 0.6) is 0 Å². The van der Waals surface area contributed by atoms with Crippen LogP contribution in [-0.4, -0.2) is 20.7 Å². The summed E-state index contributed by atoms with van der Waals surface area (Å²) in [6.07, 6.45) is 1.72. The highest BCUT2D eigenvalue weighted by Gasteiger charge is 2.15. The van der Waals surface area contributed by atoms with Crippen molar-refractivity contribution in [2.75, 3.05) is 0 Å². The Balaban J connectivity index is 2.04. The van der Waals surface area contributed by atoms with E-state index < -0.39 is 11.6 Å². The van der Waals surface area contributed by atoms with Crippen molar-refractivity contribution in [1.82, 2.24) is 9.78 Å². The van der Waals surface area contributed by atoms with Crippen LogP contribution in [0.25, 0.3) is 10.9 Å². The van der Waals surface area contributed by atoms with Gasteiger partial charge in [-0.15, -0.1) is 0 Å². The van der Waals surface area contributed by atoms with Gasteiger partial charge < -0.3 is 5.21 Å². The van der Waals surface area contributed by atoms with E-state index in [0.717, 1.165) is 29.6 Å². The highest BCUT2D eigenvalue weighted by molar-refractivity contribution is 6.13. The van der Waals surface area contributed by atoms with Gasteiger partial charge in [0.1, 0.15) is 17.3 Å². The number of fused-ring (bicyclic) bond motifs is 1. The number of hydrogen-bond acceptors (Lipinski definition) is 3.